The molecule has 1 aromatic carbocycles. The van der Waals surface area contributed by atoms with Gasteiger partial charge in [0.1, 0.15) is 5.76 Å². The first-order valence-corrected chi connectivity index (χ1v) is 9.95. The van der Waals surface area contributed by atoms with Gasteiger partial charge in [-0.25, -0.2) is 0 Å². The number of nitrogens with one attached hydrogen (secondary N) is 1. The first-order chi connectivity index (χ1) is 14.4. The largest absolute Gasteiger partial charge is 0.361 e. The second-order valence-corrected chi connectivity index (χ2v) is 7.73. The maximum Gasteiger partial charge on any atom is 0.279 e. The van der Waals surface area contributed by atoms with Gasteiger partial charge in [0.15, 0.2) is 11.5 Å². The minimum absolute atomic E-state index is 0.155. The standard InChI is InChI=1S/C19H15Cl3N6O2/c1-11-13(9-28-8-12(20)7-23-28)18(26-30-11)19(29)24-17-5-6-27(25-17)10-14-15(21)3-2-4-16(14)22/h2-8H,9-10H2,1H3,(H,24,25,29). The van der Waals surface area contributed by atoms with Gasteiger partial charge in [0.2, 0.25) is 0 Å². The smallest absolute Gasteiger partial charge is 0.279 e. The van der Waals surface area contributed by atoms with E-state index in [1.54, 1.807) is 52.9 Å². The number of hydrogen-bond acceptors (Lipinski definition) is 5. The van der Waals surface area contributed by atoms with Crippen LogP contribution >= 0.6 is 34.8 Å². The van der Waals surface area contributed by atoms with E-state index in [1.165, 1.54) is 6.20 Å². The summed E-state index contributed by atoms with van der Waals surface area (Å²) in [6, 6.07) is 6.96. The Kier molecular flexibility index (Phi) is 5.80. The van der Waals surface area contributed by atoms with E-state index in [0.29, 0.717) is 45.3 Å². The molecular weight excluding hydrogens is 451 g/mol. The zero-order valence-electron chi connectivity index (χ0n) is 15.6. The molecule has 0 bridgehead atoms. The molecule has 1 N–H and O–H groups in total. The lowest BCUT2D eigenvalue weighted by atomic mass is 10.2. The third kappa shape index (κ3) is 4.35. The fourth-order valence-corrected chi connectivity index (χ4v) is 3.55. The van der Waals surface area contributed by atoms with Crippen molar-refractivity contribution in [3.63, 3.8) is 0 Å². The summed E-state index contributed by atoms with van der Waals surface area (Å²) in [5, 5.41) is 16.7. The summed E-state index contributed by atoms with van der Waals surface area (Å²) < 4.78 is 8.43. The Labute approximate surface area is 186 Å². The number of nitrogens with zero attached hydrogens (tertiary/aromatic N) is 5. The summed E-state index contributed by atoms with van der Waals surface area (Å²) in [5.74, 6) is 0.434. The van der Waals surface area contributed by atoms with Gasteiger partial charge >= 0.3 is 0 Å². The highest BCUT2D eigenvalue weighted by atomic mass is 35.5. The summed E-state index contributed by atoms with van der Waals surface area (Å²) in [6.07, 6.45) is 4.88. The highest BCUT2D eigenvalue weighted by Gasteiger charge is 2.21. The van der Waals surface area contributed by atoms with Gasteiger partial charge in [0, 0.05) is 39.6 Å². The molecule has 154 valence electrons. The molecule has 0 spiro atoms. The number of halogens is 3. The zero-order valence-corrected chi connectivity index (χ0v) is 17.9. The van der Waals surface area contributed by atoms with Crippen LogP contribution in [0.15, 0.2) is 47.4 Å². The predicted molar refractivity (Wildman–Crippen MR) is 113 cm³/mol. The van der Waals surface area contributed by atoms with Crippen molar-refractivity contribution < 1.29 is 9.32 Å². The third-order valence-electron chi connectivity index (χ3n) is 4.39. The maximum absolute atomic E-state index is 12.7. The molecule has 30 heavy (non-hydrogen) atoms. The first kappa shape index (κ1) is 20.5. The Balaban J connectivity index is 1.49. The van der Waals surface area contributed by atoms with Crippen molar-refractivity contribution in [1.29, 1.82) is 0 Å². The first-order valence-electron chi connectivity index (χ1n) is 8.81. The minimum Gasteiger partial charge on any atom is -0.361 e. The van der Waals surface area contributed by atoms with E-state index in [2.05, 4.69) is 20.7 Å². The molecule has 8 nitrogen and oxygen atoms in total. The molecule has 11 heteroatoms. The third-order valence-corrected chi connectivity index (χ3v) is 5.29. The van der Waals surface area contributed by atoms with Gasteiger partial charge in [-0.05, 0) is 19.1 Å². The van der Waals surface area contributed by atoms with Gasteiger partial charge in [-0.15, -0.1) is 0 Å². The summed E-state index contributed by atoms with van der Waals surface area (Å²) >= 11 is 18.3. The number of carbonyl (C=O) groups excluding carboxylic acids is 1. The van der Waals surface area contributed by atoms with Crippen LogP contribution in [0.2, 0.25) is 15.1 Å². The molecule has 0 saturated heterocycles. The minimum atomic E-state index is -0.443. The van der Waals surface area contributed by atoms with Crippen molar-refractivity contribution >= 4 is 46.5 Å². The number of benzene rings is 1. The number of anilines is 1. The molecule has 0 unspecified atom stereocenters. The van der Waals surface area contributed by atoms with Crippen LogP contribution in [-0.4, -0.2) is 30.6 Å². The molecule has 3 aromatic heterocycles. The van der Waals surface area contributed by atoms with E-state index < -0.39 is 5.91 Å². The lowest BCUT2D eigenvalue weighted by Crippen LogP contribution is -2.16. The Morgan fingerprint density at radius 3 is 2.53 bits per heavy atom. The van der Waals surface area contributed by atoms with E-state index in [9.17, 15) is 4.79 Å². The summed E-state index contributed by atoms with van der Waals surface area (Å²) in [6.45, 7) is 2.39. The molecule has 4 aromatic rings. The summed E-state index contributed by atoms with van der Waals surface area (Å²) in [5.41, 5.74) is 1.51. The molecule has 3 heterocycles. The van der Waals surface area contributed by atoms with E-state index in [4.69, 9.17) is 39.3 Å². The van der Waals surface area contributed by atoms with Crippen molar-refractivity contribution in [3.8, 4) is 0 Å². The number of aryl methyl sites for hydroxylation is 1. The van der Waals surface area contributed by atoms with Crippen LogP contribution in [0.25, 0.3) is 0 Å². The molecule has 0 saturated carbocycles. The normalized spacial score (nSPS) is 11.1. The average Bonchev–Trinajstić information content (AvgIpc) is 3.41. The molecule has 1 amide bonds. The lowest BCUT2D eigenvalue weighted by Gasteiger charge is -2.07. The van der Waals surface area contributed by atoms with Crippen LogP contribution in [0.5, 0.6) is 0 Å². The van der Waals surface area contributed by atoms with Crippen LogP contribution in [0.4, 0.5) is 5.82 Å². The van der Waals surface area contributed by atoms with E-state index >= 15 is 0 Å². The van der Waals surface area contributed by atoms with Gasteiger partial charge in [0.25, 0.3) is 5.91 Å². The second kappa shape index (κ2) is 8.51. The van der Waals surface area contributed by atoms with Gasteiger partial charge in [-0.1, -0.05) is 46.0 Å². The zero-order chi connectivity index (χ0) is 21.3. The van der Waals surface area contributed by atoms with Crippen LogP contribution in [0, 0.1) is 6.92 Å². The highest BCUT2D eigenvalue weighted by Crippen LogP contribution is 2.25. The van der Waals surface area contributed by atoms with Crippen LogP contribution in [0.3, 0.4) is 0 Å². The molecule has 0 radical (unpaired) electrons. The van der Waals surface area contributed by atoms with E-state index in [-0.39, 0.29) is 5.69 Å². The van der Waals surface area contributed by atoms with Gasteiger partial charge in [0.05, 0.1) is 24.3 Å². The van der Waals surface area contributed by atoms with Gasteiger partial charge in [-0.3, -0.25) is 14.2 Å². The fraction of sp³-hybridized carbons (Fsp3) is 0.158. The summed E-state index contributed by atoms with van der Waals surface area (Å²) in [4.78, 5) is 12.7. The van der Waals surface area contributed by atoms with Crippen LogP contribution in [0.1, 0.15) is 27.4 Å². The van der Waals surface area contributed by atoms with Crippen LogP contribution in [-0.2, 0) is 13.1 Å². The number of rotatable bonds is 6. The van der Waals surface area contributed by atoms with Crippen molar-refractivity contribution in [1.82, 2.24) is 24.7 Å². The molecule has 0 aliphatic rings. The quantitative estimate of drug-likeness (QED) is 0.446. The molecular formula is C19H15Cl3N6O2. The summed E-state index contributed by atoms with van der Waals surface area (Å²) in [7, 11) is 0. The molecule has 4 rings (SSSR count). The number of carbonyl (C=O) groups is 1. The molecule has 0 atom stereocenters. The van der Waals surface area contributed by atoms with Gasteiger partial charge in [-0.2, -0.15) is 10.2 Å². The maximum atomic E-state index is 12.7. The van der Waals surface area contributed by atoms with Crippen molar-refractivity contribution in [2.24, 2.45) is 0 Å². The number of aromatic nitrogens is 5. The predicted octanol–water partition coefficient (Wildman–Crippen LogP) is 4.69. The van der Waals surface area contributed by atoms with Crippen molar-refractivity contribution in [3.05, 3.63) is 80.5 Å². The highest BCUT2D eigenvalue weighted by molar-refractivity contribution is 6.36. The van der Waals surface area contributed by atoms with Crippen molar-refractivity contribution in [2.45, 2.75) is 20.0 Å². The average molecular weight is 466 g/mol. The molecule has 0 aliphatic carbocycles. The number of hydrogen-bond donors (Lipinski definition) is 1. The number of amides is 1. The molecule has 0 fully saturated rings. The van der Waals surface area contributed by atoms with Crippen LogP contribution < -0.4 is 5.32 Å². The molecule has 0 aliphatic heterocycles. The lowest BCUT2D eigenvalue weighted by molar-refractivity contribution is 0.101. The van der Waals surface area contributed by atoms with Gasteiger partial charge < -0.3 is 9.84 Å². The monoisotopic (exact) mass is 464 g/mol. The van der Waals surface area contributed by atoms with Crippen molar-refractivity contribution in [2.75, 3.05) is 5.32 Å². The van der Waals surface area contributed by atoms with E-state index in [1.807, 2.05) is 0 Å². The Morgan fingerprint density at radius 2 is 1.83 bits per heavy atom. The topological polar surface area (TPSA) is 90.8 Å². The SMILES string of the molecule is Cc1onc(C(=O)Nc2ccn(Cc3c(Cl)cccc3Cl)n2)c1Cn1cc(Cl)cn1. The fourth-order valence-electron chi connectivity index (χ4n) is 2.88. The Morgan fingerprint density at radius 1 is 1.10 bits per heavy atom. The Hall–Kier alpha value is -2.81. The van der Waals surface area contributed by atoms with E-state index in [0.717, 1.165) is 5.56 Å². The second-order valence-electron chi connectivity index (χ2n) is 6.47. The Bertz CT molecular complexity index is 1190.